The molecule has 0 fully saturated rings. The van der Waals surface area contributed by atoms with Crippen LogP contribution in [-0.2, 0) is 4.79 Å². The second kappa shape index (κ2) is 8.01. The number of nitrogens with one attached hydrogen (secondary N) is 1. The van der Waals surface area contributed by atoms with E-state index in [-0.39, 0.29) is 11.2 Å². The summed E-state index contributed by atoms with van der Waals surface area (Å²) in [4.78, 5) is 12.4. The van der Waals surface area contributed by atoms with Crippen LogP contribution in [0, 0.1) is 6.92 Å². The van der Waals surface area contributed by atoms with E-state index in [1.165, 1.54) is 11.8 Å². The number of carbonyl (C=O) groups excluding carboxylic acids is 1. The van der Waals surface area contributed by atoms with Gasteiger partial charge < -0.3 is 10.1 Å². The van der Waals surface area contributed by atoms with Gasteiger partial charge >= 0.3 is 0 Å². The van der Waals surface area contributed by atoms with Gasteiger partial charge in [0.15, 0.2) is 0 Å². The Morgan fingerprint density at radius 2 is 1.85 bits per heavy atom. The number of ether oxygens (including phenoxy) is 1. The van der Waals surface area contributed by atoms with Gasteiger partial charge in [-0.25, -0.2) is 0 Å². The maximum atomic E-state index is 12.4. The van der Waals surface area contributed by atoms with Crippen LogP contribution in [0.2, 0.25) is 0 Å². The number of aryl methyl sites for hydroxylation is 1. The smallest absolute Gasteiger partial charge is 0.237 e. The number of methoxy groups -OCH3 is 1. The van der Waals surface area contributed by atoms with Crippen molar-refractivity contribution in [2.75, 3.05) is 12.4 Å². The fraction of sp³-hybridized carbons (Fsp3) is 0.222. The largest absolute Gasteiger partial charge is 0.497 e. The van der Waals surface area contributed by atoms with Crippen molar-refractivity contribution in [1.29, 1.82) is 0 Å². The van der Waals surface area contributed by atoms with Gasteiger partial charge in [-0.3, -0.25) is 4.79 Å². The molecule has 3 aromatic rings. The number of benzene rings is 2. The first-order chi connectivity index (χ1) is 12.6. The van der Waals surface area contributed by atoms with Gasteiger partial charge in [0.25, 0.3) is 0 Å². The molecule has 1 N–H and O–H groups in total. The molecular formula is C18H19N5O2S. The molecule has 1 atom stereocenters. The second-order valence-corrected chi connectivity index (χ2v) is 6.99. The lowest BCUT2D eigenvalue weighted by Crippen LogP contribution is -2.22. The van der Waals surface area contributed by atoms with Crippen molar-refractivity contribution in [3.63, 3.8) is 0 Å². The molecule has 1 heterocycles. The van der Waals surface area contributed by atoms with Crippen molar-refractivity contribution in [3.05, 3.63) is 54.1 Å². The average Bonchev–Trinajstić information content (AvgIpc) is 3.11. The highest BCUT2D eigenvalue weighted by atomic mass is 32.2. The van der Waals surface area contributed by atoms with E-state index in [1.807, 2.05) is 62.4 Å². The third-order valence-corrected chi connectivity index (χ3v) is 4.76. The van der Waals surface area contributed by atoms with Crippen LogP contribution in [0.4, 0.5) is 5.69 Å². The molecule has 7 nitrogen and oxygen atoms in total. The number of nitrogens with zero attached hydrogens (tertiary/aromatic N) is 4. The molecule has 1 aromatic heterocycles. The third kappa shape index (κ3) is 4.20. The Morgan fingerprint density at radius 3 is 2.50 bits per heavy atom. The van der Waals surface area contributed by atoms with Gasteiger partial charge in [0, 0.05) is 5.69 Å². The Labute approximate surface area is 155 Å². The minimum absolute atomic E-state index is 0.108. The summed E-state index contributed by atoms with van der Waals surface area (Å²) < 4.78 is 6.75. The van der Waals surface area contributed by atoms with E-state index >= 15 is 0 Å². The van der Waals surface area contributed by atoms with Crippen molar-refractivity contribution < 1.29 is 9.53 Å². The fourth-order valence-electron chi connectivity index (χ4n) is 2.23. The Balaban J connectivity index is 1.69. The first kappa shape index (κ1) is 17.9. The number of amides is 1. The van der Waals surface area contributed by atoms with E-state index in [0.717, 1.165) is 22.7 Å². The molecular weight excluding hydrogens is 350 g/mol. The lowest BCUT2D eigenvalue weighted by Gasteiger charge is -2.12. The maximum Gasteiger partial charge on any atom is 0.237 e. The van der Waals surface area contributed by atoms with Crippen LogP contribution < -0.4 is 10.1 Å². The highest BCUT2D eigenvalue weighted by Crippen LogP contribution is 2.24. The summed E-state index contributed by atoms with van der Waals surface area (Å²) in [5, 5.41) is 14.8. The van der Waals surface area contributed by atoms with Crippen LogP contribution in [0.5, 0.6) is 5.75 Å². The van der Waals surface area contributed by atoms with Gasteiger partial charge in [-0.05, 0) is 60.7 Å². The highest BCUT2D eigenvalue weighted by molar-refractivity contribution is 8.00. The maximum absolute atomic E-state index is 12.4. The minimum atomic E-state index is -0.362. The fourth-order valence-corrected chi connectivity index (χ4v) is 3.04. The topological polar surface area (TPSA) is 81.9 Å². The van der Waals surface area contributed by atoms with Gasteiger partial charge in [-0.15, -0.1) is 5.10 Å². The van der Waals surface area contributed by atoms with Gasteiger partial charge in [-0.2, -0.15) is 4.68 Å². The highest BCUT2D eigenvalue weighted by Gasteiger charge is 2.19. The third-order valence-electron chi connectivity index (χ3n) is 3.73. The molecule has 3 rings (SSSR count). The standard InChI is InChI=1S/C18H19N5O2S/c1-12-4-6-14(7-5-12)19-17(24)13(2)26-18-20-21-22-23(18)15-8-10-16(25-3)11-9-15/h4-11,13H,1-3H3,(H,19,24). The summed E-state index contributed by atoms with van der Waals surface area (Å²) in [6, 6.07) is 15.1. The summed E-state index contributed by atoms with van der Waals surface area (Å²) in [5.41, 5.74) is 2.70. The Bertz CT molecular complexity index is 877. The number of rotatable bonds is 6. The molecule has 0 saturated heterocycles. The zero-order valence-corrected chi connectivity index (χ0v) is 15.5. The second-order valence-electron chi connectivity index (χ2n) is 5.69. The number of hydrogen-bond donors (Lipinski definition) is 1. The van der Waals surface area contributed by atoms with Crippen molar-refractivity contribution in [3.8, 4) is 11.4 Å². The molecule has 0 saturated carbocycles. The van der Waals surface area contributed by atoms with Crippen molar-refractivity contribution in [1.82, 2.24) is 20.2 Å². The zero-order valence-electron chi connectivity index (χ0n) is 14.7. The summed E-state index contributed by atoms with van der Waals surface area (Å²) in [7, 11) is 1.61. The number of anilines is 1. The van der Waals surface area contributed by atoms with Crippen LogP contribution in [0.15, 0.2) is 53.7 Å². The van der Waals surface area contributed by atoms with E-state index in [2.05, 4.69) is 20.8 Å². The lowest BCUT2D eigenvalue weighted by molar-refractivity contribution is -0.115. The first-order valence-corrected chi connectivity index (χ1v) is 8.92. The predicted molar refractivity (Wildman–Crippen MR) is 101 cm³/mol. The van der Waals surface area contributed by atoms with E-state index in [4.69, 9.17) is 4.74 Å². The number of aromatic nitrogens is 4. The van der Waals surface area contributed by atoms with Crippen LogP contribution in [0.1, 0.15) is 12.5 Å². The molecule has 26 heavy (non-hydrogen) atoms. The summed E-state index contributed by atoms with van der Waals surface area (Å²) in [5.74, 6) is 0.644. The SMILES string of the molecule is COc1ccc(-n2nnnc2SC(C)C(=O)Nc2ccc(C)cc2)cc1. The normalized spacial score (nSPS) is 11.8. The summed E-state index contributed by atoms with van der Waals surface area (Å²) in [6.07, 6.45) is 0. The lowest BCUT2D eigenvalue weighted by atomic mass is 10.2. The number of hydrogen-bond acceptors (Lipinski definition) is 6. The predicted octanol–water partition coefficient (Wildman–Crippen LogP) is 3.10. The average molecular weight is 369 g/mol. The molecule has 0 spiro atoms. The quantitative estimate of drug-likeness (QED) is 0.673. The van der Waals surface area contributed by atoms with E-state index in [1.54, 1.807) is 11.8 Å². The molecule has 0 aliphatic carbocycles. The van der Waals surface area contributed by atoms with Crippen molar-refractivity contribution >= 4 is 23.4 Å². The monoisotopic (exact) mass is 369 g/mol. The van der Waals surface area contributed by atoms with Gasteiger partial charge in [0.1, 0.15) is 5.75 Å². The van der Waals surface area contributed by atoms with Crippen LogP contribution >= 0.6 is 11.8 Å². The zero-order chi connectivity index (χ0) is 18.5. The van der Waals surface area contributed by atoms with Crippen LogP contribution in [0.3, 0.4) is 0 Å². The molecule has 0 aliphatic heterocycles. The molecule has 0 bridgehead atoms. The molecule has 0 aliphatic rings. The van der Waals surface area contributed by atoms with Crippen molar-refractivity contribution in [2.45, 2.75) is 24.3 Å². The van der Waals surface area contributed by atoms with Gasteiger partial charge in [0.05, 0.1) is 18.0 Å². The minimum Gasteiger partial charge on any atom is -0.497 e. The van der Waals surface area contributed by atoms with E-state index in [0.29, 0.717) is 5.16 Å². The van der Waals surface area contributed by atoms with Crippen LogP contribution in [0.25, 0.3) is 5.69 Å². The first-order valence-electron chi connectivity index (χ1n) is 8.04. The molecule has 1 unspecified atom stereocenters. The van der Waals surface area contributed by atoms with E-state index in [9.17, 15) is 4.79 Å². The molecule has 1 amide bonds. The summed E-state index contributed by atoms with van der Waals surface area (Å²) in [6.45, 7) is 3.82. The van der Waals surface area contributed by atoms with Crippen molar-refractivity contribution in [2.24, 2.45) is 0 Å². The molecule has 0 radical (unpaired) electrons. The molecule has 134 valence electrons. The van der Waals surface area contributed by atoms with E-state index < -0.39 is 0 Å². The number of carbonyl (C=O) groups is 1. The van der Waals surface area contributed by atoms with Gasteiger partial charge in [0.2, 0.25) is 11.1 Å². The Hall–Kier alpha value is -2.87. The molecule has 8 heteroatoms. The number of thioether (sulfide) groups is 1. The molecule has 2 aromatic carbocycles. The number of tetrazole rings is 1. The van der Waals surface area contributed by atoms with Crippen LogP contribution in [-0.4, -0.2) is 38.5 Å². The Kier molecular flexibility index (Phi) is 5.52. The van der Waals surface area contributed by atoms with Gasteiger partial charge in [-0.1, -0.05) is 29.5 Å². The summed E-state index contributed by atoms with van der Waals surface area (Å²) >= 11 is 1.30. The Morgan fingerprint density at radius 1 is 1.15 bits per heavy atom.